The van der Waals surface area contributed by atoms with E-state index in [1.54, 1.807) is 0 Å². The Hall–Kier alpha value is -1.52. The Morgan fingerprint density at radius 1 is 1.62 bits per heavy atom. The number of rotatable bonds is 1. The number of nitrogens with zero attached hydrogens (tertiary/aromatic N) is 1. The molecule has 0 aromatic carbocycles. The Balaban J connectivity index is 2.19. The van der Waals surface area contributed by atoms with Crippen LogP contribution in [0.5, 0.6) is 0 Å². The van der Waals surface area contributed by atoms with Crippen molar-refractivity contribution in [3.63, 3.8) is 0 Å². The summed E-state index contributed by atoms with van der Waals surface area (Å²) in [6.45, 7) is 0.789. The van der Waals surface area contributed by atoms with Gasteiger partial charge in [-0.05, 0) is 6.42 Å². The molecule has 0 aliphatic carbocycles. The van der Waals surface area contributed by atoms with Gasteiger partial charge in [-0.1, -0.05) is 5.76 Å². The standard InChI is InChI=1S/C11H15NO4/c1-15-11(14)9-3-2-6-12(9)10-5-4-8(13)7-16-10/h7,9H,2-6H2,1H3. The fourth-order valence-electron chi connectivity index (χ4n) is 2.14. The maximum absolute atomic E-state index is 11.5. The summed E-state index contributed by atoms with van der Waals surface area (Å²) in [5.41, 5.74) is 0. The van der Waals surface area contributed by atoms with Crippen molar-refractivity contribution in [1.29, 1.82) is 0 Å². The van der Waals surface area contributed by atoms with Gasteiger partial charge in [-0.2, -0.15) is 4.58 Å². The van der Waals surface area contributed by atoms with E-state index in [0.29, 0.717) is 18.7 Å². The fourth-order valence-corrected chi connectivity index (χ4v) is 2.14. The zero-order valence-electron chi connectivity index (χ0n) is 9.27. The molecule has 1 fully saturated rings. The quantitative estimate of drug-likeness (QED) is 0.456. The molecule has 1 saturated heterocycles. The van der Waals surface area contributed by atoms with Crippen molar-refractivity contribution in [2.24, 2.45) is 0 Å². The van der Waals surface area contributed by atoms with E-state index in [-0.39, 0.29) is 17.8 Å². The van der Waals surface area contributed by atoms with Gasteiger partial charge in [-0.15, -0.1) is 0 Å². The third kappa shape index (κ3) is 2.03. The van der Waals surface area contributed by atoms with Crippen molar-refractivity contribution >= 4 is 11.9 Å². The summed E-state index contributed by atoms with van der Waals surface area (Å²) in [5, 5.41) is 11.0. The van der Waals surface area contributed by atoms with Crippen molar-refractivity contribution in [2.45, 2.75) is 31.7 Å². The summed E-state index contributed by atoms with van der Waals surface area (Å²) in [4.78, 5) is 11.5. The Kier molecular flexibility index (Phi) is 3.12. The van der Waals surface area contributed by atoms with Crippen LogP contribution in [-0.2, 0) is 14.3 Å². The molecule has 88 valence electrons. The second-order valence-corrected chi connectivity index (χ2v) is 3.97. The number of hydrogen-bond acceptors (Lipinski definition) is 4. The molecule has 0 radical (unpaired) electrons. The van der Waals surface area contributed by atoms with Crippen LogP contribution >= 0.6 is 0 Å². The zero-order chi connectivity index (χ0) is 11.5. The number of carbonyl (C=O) groups excluding carboxylic acids is 1. The molecule has 0 saturated carbocycles. The number of ether oxygens (including phenoxy) is 2. The normalized spacial score (nSPS) is 29.6. The first-order chi connectivity index (χ1) is 7.72. The average Bonchev–Trinajstić information content (AvgIpc) is 2.78. The molecule has 0 N–H and O–H groups in total. The van der Waals surface area contributed by atoms with Crippen molar-refractivity contribution < 1.29 is 24.0 Å². The highest BCUT2D eigenvalue weighted by Crippen LogP contribution is 2.18. The second kappa shape index (κ2) is 4.55. The van der Waals surface area contributed by atoms with Gasteiger partial charge in [-0.3, -0.25) is 0 Å². The summed E-state index contributed by atoms with van der Waals surface area (Å²) in [7, 11) is 1.39. The first-order valence-corrected chi connectivity index (χ1v) is 5.45. The van der Waals surface area contributed by atoms with Crippen LogP contribution in [0.4, 0.5) is 0 Å². The van der Waals surface area contributed by atoms with E-state index in [9.17, 15) is 9.90 Å². The number of allylic oxidation sites excluding steroid dienone is 1. The molecule has 0 aromatic heterocycles. The summed E-state index contributed by atoms with van der Waals surface area (Å²) < 4.78 is 11.9. The lowest BCUT2D eigenvalue weighted by Gasteiger charge is -2.18. The van der Waals surface area contributed by atoms with Crippen LogP contribution in [0.15, 0.2) is 12.0 Å². The SMILES string of the molecule is COC(=O)C1CCC[N+]1=C1CCC([O-])=CO1. The lowest BCUT2D eigenvalue weighted by molar-refractivity contribution is -0.542. The van der Waals surface area contributed by atoms with E-state index in [1.165, 1.54) is 13.4 Å². The summed E-state index contributed by atoms with van der Waals surface area (Å²) in [6, 6.07) is -0.249. The van der Waals surface area contributed by atoms with Crippen LogP contribution in [0.3, 0.4) is 0 Å². The average molecular weight is 225 g/mol. The molecule has 0 aromatic rings. The summed E-state index contributed by atoms with van der Waals surface area (Å²) >= 11 is 0. The number of esters is 1. The van der Waals surface area contributed by atoms with E-state index in [4.69, 9.17) is 9.47 Å². The molecular formula is C11H15NO4. The minimum Gasteiger partial charge on any atom is -0.873 e. The Labute approximate surface area is 94.0 Å². The topological polar surface area (TPSA) is 61.6 Å². The first kappa shape index (κ1) is 11.0. The molecule has 0 spiro atoms. The molecule has 2 rings (SSSR count). The molecule has 1 atom stereocenters. The number of carbonyl (C=O) groups is 1. The van der Waals surface area contributed by atoms with Crippen molar-refractivity contribution in [1.82, 2.24) is 0 Å². The molecule has 5 nitrogen and oxygen atoms in total. The Morgan fingerprint density at radius 2 is 2.44 bits per heavy atom. The second-order valence-electron chi connectivity index (χ2n) is 3.97. The summed E-state index contributed by atoms with van der Waals surface area (Å²) in [6.07, 6.45) is 3.99. The fraction of sp³-hybridized carbons (Fsp3) is 0.636. The van der Waals surface area contributed by atoms with Crippen LogP contribution in [0, 0.1) is 0 Å². The van der Waals surface area contributed by atoms with Crippen LogP contribution < -0.4 is 5.11 Å². The van der Waals surface area contributed by atoms with Gasteiger partial charge >= 0.3 is 11.9 Å². The first-order valence-electron chi connectivity index (χ1n) is 5.45. The number of methoxy groups -OCH3 is 1. The molecule has 16 heavy (non-hydrogen) atoms. The van der Waals surface area contributed by atoms with Gasteiger partial charge in [0.15, 0.2) is 0 Å². The van der Waals surface area contributed by atoms with E-state index < -0.39 is 0 Å². The van der Waals surface area contributed by atoms with Gasteiger partial charge in [0.2, 0.25) is 0 Å². The van der Waals surface area contributed by atoms with Crippen molar-refractivity contribution in [3.8, 4) is 0 Å². The van der Waals surface area contributed by atoms with Gasteiger partial charge in [0, 0.05) is 12.8 Å². The number of hydrogen-bond donors (Lipinski definition) is 0. The minimum absolute atomic E-state index is 0.00225. The molecule has 5 heteroatoms. The van der Waals surface area contributed by atoms with Gasteiger partial charge in [0.1, 0.15) is 6.54 Å². The highest BCUT2D eigenvalue weighted by atomic mass is 16.5. The van der Waals surface area contributed by atoms with E-state index in [1.807, 2.05) is 4.58 Å². The highest BCUT2D eigenvalue weighted by molar-refractivity contribution is 5.78. The minimum atomic E-state index is -0.249. The Bertz CT molecular complexity index is 359. The van der Waals surface area contributed by atoms with Crippen molar-refractivity contribution in [2.75, 3.05) is 13.7 Å². The monoisotopic (exact) mass is 225 g/mol. The van der Waals surface area contributed by atoms with E-state index in [0.717, 1.165) is 19.4 Å². The molecule has 2 heterocycles. The van der Waals surface area contributed by atoms with Crippen LogP contribution in [0.25, 0.3) is 0 Å². The maximum Gasteiger partial charge on any atom is 0.375 e. The maximum atomic E-state index is 11.5. The largest absolute Gasteiger partial charge is 0.873 e. The molecular weight excluding hydrogens is 210 g/mol. The molecule has 0 bridgehead atoms. The third-order valence-electron chi connectivity index (χ3n) is 2.96. The molecule has 2 aliphatic heterocycles. The van der Waals surface area contributed by atoms with Crippen LogP contribution in [0.2, 0.25) is 0 Å². The van der Waals surface area contributed by atoms with Crippen LogP contribution in [0.1, 0.15) is 25.7 Å². The third-order valence-corrected chi connectivity index (χ3v) is 2.96. The van der Waals surface area contributed by atoms with E-state index >= 15 is 0 Å². The van der Waals surface area contributed by atoms with Gasteiger partial charge in [-0.25, -0.2) is 4.79 Å². The molecule has 1 unspecified atom stereocenters. The van der Waals surface area contributed by atoms with E-state index in [2.05, 4.69) is 0 Å². The predicted octanol–water partition coefficient (Wildman–Crippen LogP) is -0.255. The predicted molar refractivity (Wildman–Crippen MR) is 53.6 cm³/mol. The molecule has 0 amide bonds. The molecule has 2 aliphatic rings. The van der Waals surface area contributed by atoms with Crippen molar-refractivity contribution in [3.05, 3.63) is 12.0 Å². The summed E-state index contributed by atoms with van der Waals surface area (Å²) in [5.74, 6) is 0.482. The lowest BCUT2D eigenvalue weighted by atomic mass is 10.2. The van der Waals surface area contributed by atoms with Gasteiger partial charge in [0.25, 0.3) is 6.04 Å². The van der Waals surface area contributed by atoms with Gasteiger partial charge < -0.3 is 14.6 Å². The Morgan fingerprint density at radius 3 is 3.06 bits per heavy atom. The lowest BCUT2D eigenvalue weighted by Crippen LogP contribution is -2.35. The highest BCUT2D eigenvalue weighted by Gasteiger charge is 2.38. The zero-order valence-corrected chi connectivity index (χ0v) is 9.27. The van der Waals surface area contributed by atoms with Crippen LogP contribution in [-0.4, -0.2) is 36.1 Å². The van der Waals surface area contributed by atoms with Gasteiger partial charge in [0.05, 0.1) is 19.8 Å². The smallest absolute Gasteiger partial charge is 0.375 e.